The molecule has 0 unspecified atom stereocenters. The van der Waals surface area contributed by atoms with Crippen LogP contribution < -0.4 is 5.73 Å². The Bertz CT molecular complexity index is 665. The van der Waals surface area contributed by atoms with Crippen molar-refractivity contribution in [3.05, 3.63) is 42.0 Å². The molecule has 0 aliphatic rings. The smallest absolute Gasteiger partial charge is 0.317 e. The molecule has 0 bridgehead atoms. The zero-order chi connectivity index (χ0) is 13.7. The highest BCUT2D eigenvalue weighted by Crippen LogP contribution is 2.23. The first-order valence-electron chi connectivity index (χ1n) is 6.14. The number of carbonyl (C=O) groups is 1. The minimum Gasteiger partial charge on any atom is -0.465 e. The van der Waals surface area contributed by atoms with Gasteiger partial charge in [0.1, 0.15) is 6.42 Å². The van der Waals surface area contributed by atoms with E-state index in [2.05, 4.69) is 11.8 Å². The van der Waals surface area contributed by atoms with Crippen molar-refractivity contribution in [2.75, 3.05) is 12.3 Å². The van der Waals surface area contributed by atoms with Crippen molar-refractivity contribution in [2.24, 2.45) is 0 Å². The molecule has 0 saturated heterocycles. The number of esters is 1. The maximum atomic E-state index is 11.2. The normalized spacial score (nSPS) is 9.74. The predicted molar refractivity (Wildman–Crippen MR) is 76.5 cm³/mol. The molecule has 2 N–H and O–H groups in total. The molecule has 0 saturated carbocycles. The van der Waals surface area contributed by atoms with Gasteiger partial charge in [-0.3, -0.25) is 4.79 Å². The Morgan fingerprint density at radius 2 is 1.95 bits per heavy atom. The van der Waals surface area contributed by atoms with E-state index in [1.54, 1.807) is 6.92 Å². The van der Waals surface area contributed by atoms with E-state index in [1.807, 2.05) is 36.4 Å². The van der Waals surface area contributed by atoms with Crippen molar-refractivity contribution in [1.82, 2.24) is 0 Å². The molecule has 19 heavy (non-hydrogen) atoms. The number of hydrogen-bond donors (Lipinski definition) is 1. The highest BCUT2D eigenvalue weighted by molar-refractivity contribution is 5.96. The van der Waals surface area contributed by atoms with Crippen LogP contribution in [0.15, 0.2) is 36.4 Å². The van der Waals surface area contributed by atoms with Crippen molar-refractivity contribution < 1.29 is 9.53 Å². The number of ether oxygens (including phenoxy) is 1. The van der Waals surface area contributed by atoms with E-state index >= 15 is 0 Å². The lowest BCUT2D eigenvalue weighted by atomic mass is 10.0. The van der Waals surface area contributed by atoms with Crippen LogP contribution in [0.5, 0.6) is 0 Å². The fourth-order valence-corrected chi connectivity index (χ4v) is 1.87. The Kier molecular flexibility index (Phi) is 4.04. The van der Waals surface area contributed by atoms with E-state index in [1.165, 1.54) is 0 Å². The summed E-state index contributed by atoms with van der Waals surface area (Å²) in [6, 6.07) is 11.5. The quantitative estimate of drug-likeness (QED) is 0.508. The molecule has 0 amide bonds. The van der Waals surface area contributed by atoms with Crippen LogP contribution in [-0.4, -0.2) is 12.6 Å². The first kappa shape index (κ1) is 13.0. The van der Waals surface area contributed by atoms with Gasteiger partial charge >= 0.3 is 5.97 Å². The largest absolute Gasteiger partial charge is 0.465 e. The minimum absolute atomic E-state index is 0.104. The first-order valence-corrected chi connectivity index (χ1v) is 6.14. The summed E-state index contributed by atoms with van der Waals surface area (Å²) in [7, 11) is 0. The van der Waals surface area contributed by atoms with Gasteiger partial charge < -0.3 is 10.5 Å². The standard InChI is InChI=1S/C16H15NO2/c1-2-19-16(18)11-4-7-12-6-3-9-14-13(12)8-5-10-15(14)17/h3,5-6,8-10H,2,11,17H2,1H3. The van der Waals surface area contributed by atoms with E-state index in [-0.39, 0.29) is 12.4 Å². The van der Waals surface area contributed by atoms with Gasteiger partial charge in [-0.1, -0.05) is 36.1 Å². The molecule has 96 valence electrons. The maximum Gasteiger partial charge on any atom is 0.317 e. The fourth-order valence-electron chi connectivity index (χ4n) is 1.87. The number of nitrogens with two attached hydrogens (primary N) is 1. The SMILES string of the molecule is CCOC(=O)CC#Cc1cccc2c(N)cccc12. The van der Waals surface area contributed by atoms with Gasteiger partial charge in [-0.05, 0) is 24.4 Å². The van der Waals surface area contributed by atoms with Gasteiger partial charge in [-0.2, -0.15) is 0 Å². The number of carbonyl (C=O) groups excluding carboxylic acids is 1. The van der Waals surface area contributed by atoms with Crippen molar-refractivity contribution in [2.45, 2.75) is 13.3 Å². The summed E-state index contributed by atoms with van der Waals surface area (Å²) in [5.74, 6) is 5.53. The Morgan fingerprint density at radius 3 is 2.74 bits per heavy atom. The summed E-state index contributed by atoms with van der Waals surface area (Å²) in [6.07, 6.45) is 0.104. The Balaban J connectivity index is 2.29. The first-order chi connectivity index (χ1) is 9.22. The molecule has 0 atom stereocenters. The minimum atomic E-state index is -0.297. The van der Waals surface area contributed by atoms with Crippen molar-refractivity contribution in [3.8, 4) is 11.8 Å². The van der Waals surface area contributed by atoms with Gasteiger partial charge in [0.2, 0.25) is 0 Å². The summed E-state index contributed by atoms with van der Waals surface area (Å²) in [6.45, 7) is 2.16. The monoisotopic (exact) mass is 253 g/mol. The number of anilines is 1. The number of nitrogen functional groups attached to an aromatic ring is 1. The van der Waals surface area contributed by atoms with Crippen LogP contribution in [0.2, 0.25) is 0 Å². The Morgan fingerprint density at radius 1 is 1.21 bits per heavy atom. The van der Waals surface area contributed by atoms with Crippen LogP contribution in [0.1, 0.15) is 18.9 Å². The molecule has 3 nitrogen and oxygen atoms in total. The topological polar surface area (TPSA) is 52.3 Å². The lowest BCUT2D eigenvalue weighted by molar-refractivity contribution is -0.141. The van der Waals surface area contributed by atoms with Gasteiger partial charge in [-0.15, -0.1) is 0 Å². The fraction of sp³-hybridized carbons (Fsp3) is 0.188. The molecule has 0 heterocycles. The molecular weight excluding hydrogens is 238 g/mol. The van der Waals surface area contributed by atoms with Crippen LogP contribution >= 0.6 is 0 Å². The van der Waals surface area contributed by atoms with E-state index in [9.17, 15) is 4.79 Å². The van der Waals surface area contributed by atoms with Crippen molar-refractivity contribution in [1.29, 1.82) is 0 Å². The van der Waals surface area contributed by atoms with Gasteiger partial charge in [0.15, 0.2) is 0 Å². The summed E-state index contributed by atoms with van der Waals surface area (Å²) in [4.78, 5) is 11.2. The zero-order valence-corrected chi connectivity index (χ0v) is 10.8. The lowest BCUT2D eigenvalue weighted by Crippen LogP contribution is -2.01. The molecule has 3 heteroatoms. The number of benzene rings is 2. The van der Waals surface area contributed by atoms with Gasteiger partial charge in [0, 0.05) is 16.6 Å². The third kappa shape index (κ3) is 3.05. The molecule has 0 aliphatic carbocycles. The summed E-state index contributed by atoms with van der Waals surface area (Å²) < 4.78 is 4.82. The molecule has 0 aliphatic heterocycles. The summed E-state index contributed by atoms with van der Waals surface area (Å²) in [5, 5.41) is 1.98. The average Bonchev–Trinajstić information content (AvgIpc) is 2.40. The van der Waals surface area contributed by atoms with Crippen LogP contribution in [0, 0.1) is 11.8 Å². The molecule has 2 rings (SSSR count). The molecule has 2 aromatic rings. The summed E-state index contributed by atoms with van der Waals surface area (Å²) in [5.41, 5.74) is 7.52. The van der Waals surface area contributed by atoms with E-state index < -0.39 is 0 Å². The Labute approximate surface area is 112 Å². The molecule has 0 fully saturated rings. The van der Waals surface area contributed by atoms with Crippen LogP contribution in [0.4, 0.5) is 5.69 Å². The maximum absolute atomic E-state index is 11.2. The second-order valence-electron chi connectivity index (χ2n) is 4.03. The van der Waals surface area contributed by atoms with Gasteiger partial charge in [0.05, 0.1) is 6.61 Å². The second kappa shape index (κ2) is 5.92. The van der Waals surface area contributed by atoms with Gasteiger partial charge in [0.25, 0.3) is 0 Å². The number of hydrogen-bond acceptors (Lipinski definition) is 3. The molecule has 0 spiro atoms. The van der Waals surface area contributed by atoms with Crippen molar-refractivity contribution >= 4 is 22.4 Å². The van der Waals surface area contributed by atoms with Crippen molar-refractivity contribution in [3.63, 3.8) is 0 Å². The zero-order valence-electron chi connectivity index (χ0n) is 10.8. The lowest BCUT2D eigenvalue weighted by Gasteiger charge is -2.03. The van der Waals surface area contributed by atoms with E-state index in [0.29, 0.717) is 6.61 Å². The van der Waals surface area contributed by atoms with E-state index in [4.69, 9.17) is 10.5 Å². The third-order valence-corrected chi connectivity index (χ3v) is 2.72. The molecule has 0 aromatic heterocycles. The Hall–Kier alpha value is -2.47. The number of fused-ring (bicyclic) bond motifs is 1. The third-order valence-electron chi connectivity index (χ3n) is 2.72. The highest BCUT2D eigenvalue weighted by atomic mass is 16.5. The summed E-state index contributed by atoms with van der Waals surface area (Å²) >= 11 is 0. The average molecular weight is 253 g/mol. The van der Waals surface area contributed by atoms with Crippen LogP contribution in [0.25, 0.3) is 10.8 Å². The number of rotatable bonds is 2. The predicted octanol–water partition coefficient (Wildman–Crippen LogP) is 2.73. The molecular formula is C16H15NO2. The van der Waals surface area contributed by atoms with Crippen LogP contribution in [0.3, 0.4) is 0 Å². The van der Waals surface area contributed by atoms with E-state index in [0.717, 1.165) is 22.0 Å². The van der Waals surface area contributed by atoms with Gasteiger partial charge in [-0.25, -0.2) is 0 Å². The van der Waals surface area contributed by atoms with Crippen LogP contribution in [-0.2, 0) is 9.53 Å². The second-order valence-corrected chi connectivity index (χ2v) is 4.03. The highest BCUT2D eigenvalue weighted by Gasteiger charge is 2.01. The molecule has 0 radical (unpaired) electrons. The molecule has 2 aromatic carbocycles.